The lowest BCUT2D eigenvalue weighted by Crippen LogP contribution is -2.60. The Kier molecular flexibility index (Phi) is 11.5. The number of hydrogen-bond donors (Lipinski definition) is 0. The molecule has 0 bridgehead atoms. The molecule has 12 nitrogen and oxygen atoms in total. The van der Waals surface area contributed by atoms with E-state index in [1.165, 1.54) is 32.9 Å². The van der Waals surface area contributed by atoms with E-state index < -0.39 is 83.7 Å². The molecule has 3 rings (SSSR count). The van der Waals surface area contributed by atoms with E-state index in [4.69, 9.17) is 32.6 Å². The highest BCUT2D eigenvalue weighted by Crippen LogP contribution is 2.38. The second-order valence-corrected chi connectivity index (χ2v) is 12.6. The molecule has 0 radical (unpaired) electrons. The highest BCUT2D eigenvalue weighted by Gasteiger charge is 2.51. The SMILES string of the molecule is CC[C@H]1O[C@H](O[C@H]2O[C@H](COS(=O)(=O)c3ccc(C)cc3)[C@@H](OC(C)=O)[C@H](C)[C@H]2C)[C@H](OC(C)=O)[C@@H](OC(C)=O)[C@@H]1C. The Hall–Kier alpha value is -2.58. The van der Waals surface area contributed by atoms with E-state index in [2.05, 4.69) is 0 Å². The average molecular weight is 615 g/mol. The topological polar surface area (TPSA) is 150 Å². The van der Waals surface area contributed by atoms with Gasteiger partial charge in [0.15, 0.2) is 12.4 Å². The number of rotatable bonds is 10. The van der Waals surface area contributed by atoms with Crippen LogP contribution in [0.3, 0.4) is 0 Å². The van der Waals surface area contributed by atoms with Gasteiger partial charge in [-0.1, -0.05) is 45.4 Å². The van der Waals surface area contributed by atoms with Gasteiger partial charge >= 0.3 is 17.9 Å². The Morgan fingerprint density at radius 1 is 0.738 bits per heavy atom. The standard InChI is InChI=1S/C29H42O12S/c1-9-23-18(5)26(37-20(7)31)27(38-21(8)32)29(39-23)41-28-17(4)16(3)25(36-19(6)30)24(40-28)14-35-42(33,34)22-12-10-15(2)11-13-22/h10-13,16-18,23-29H,9,14H2,1-8H3/t16-,17-,18-,23-,24-,25+,26+,27-,28-,29-/m1/s1. The highest BCUT2D eigenvalue weighted by molar-refractivity contribution is 7.86. The van der Waals surface area contributed by atoms with E-state index >= 15 is 0 Å². The smallest absolute Gasteiger partial charge is 0.303 e. The summed E-state index contributed by atoms with van der Waals surface area (Å²) in [4.78, 5) is 35.9. The predicted octanol–water partition coefficient (Wildman–Crippen LogP) is 3.28. The van der Waals surface area contributed by atoms with E-state index in [0.29, 0.717) is 6.42 Å². The van der Waals surface area contributed by atoms with E-state index in [9.17, 15) is 22.8 Å². The summed E-state index contributed by atoms with van der Waals surface area (Å²) in [6.07, 6.45) is -5.86. The first-order chi connectivity index (χ1) is 19.6. The third-order valence-electron chi connectivity index (χ3n) is 7.73. The Labute approximate surface area is 247 Å². The predicted molar refractivity (Wildman–Crippen MR) is 147 cm³/mol. The minimum atomic E-state index is -4.15. The van der Waals surface area contributed by atoms with Gasteiger partial charge in [0.2, 0.25) is 6.29 Å². The summed E-state index contributed by atoms with van der Waals surface area (Å²) < 4.78 is 66.4. The summed E-state index contributed by atoms with van der Waals surface area (Å²) in [7, 11) is -4.15. The molecule has 236 valence electrons. The zero-order chi connectivity index (χ0) is 31.4. The maximum Gasteiger partial charge on any atom is 0.303 e. The third-order valence-corrected chi connectivity index (χ3v) is 9.03. The van der Waals surface area contributed by atoms with Crippen LogP contribution in [0.2, 0.25) is 0 Å². The molecule has 0 aromatic heterocycles. The van der Waals surface area contributed by atoms with E-state index in [-0.39, 0.29) is 16.7 Å². The van der Waals surface area contributed by atoms with Gasteiger partial charge < -0.3 is 28.4 Å². The molecule has 10 atom stereocenters. The van der Waals surface area contributed by atoms with Gasteiger partial charge in [-0.05, 0) is 25.5 Å². The highest BCUT2D eigenvalue weighted by atomic mass is 32.2. The van der Waals surface area contributed by atoms with Gasteiger partial charge in [0.25, 0.3) is 10.1 Å². The lowest BCUT2D eigenvalue weighted by Gasteiger charge is -2.48. The fourth-order valence-corrected chi connectivity index (χ4v) is 6.20. The number of esters is 3. The molecule has 2 fully saturated rings. The minimum Gasteiger partial charge on any atom is -0.459 e. The maximum atomic E-state index is 12.9. The zero-order valence-electron chi connectivity index (χ0n) is 25.3. The van der Waals surface area contributed by atoms with Gasteiger partial charge in [-0.15, -0.1) is 0 Å². The molecule has 2 heterocycles. The molecule has 42 heavy (non-hydrogen) atoms. The summed E-state index contributed by atoms with van der Waals surface area (Å²) in [5.41, 5.74) is 0.884. The molecule has 0 saturated carbocycles. The second-order valence-electron chi connectivity index (χ2n) is 11.0. The monoisotopic (exact) mass is 614 g/mol. The van der Waals surface area contributed by atoms with Crippen LogP contribution in [0, 0.1) is 24.7 Å². The molecular formula is C29H42O12S. The largest absolute Gasteiger partial charge is 0.459 e. The van der Waals surface area contributed by atoms with E-state index in [0.717, 1.165) is 5.56 Å². The van der Waals surface area contributed by atoms with Gasteiger partial charge in [0, 0.05) is 38.5 Å². The number of aryl methyl sites for hydroxylation is 1. The van der Waals surface area contributed by atoms with E-state index in [1.54, 1.807) is 12.1 Å². The van der Waals surface area contributed by atoms with Crippen LogP contribution in [0.1, 0.15) is 60.5 Å². The van der Waals surface area contributed by atoms with Crippen molar-refractivity contribution in [2.24, 2.45) is 17.8 Å². The Morgan fingerprint density at radius 2 is 1.26 bits per heavy atom. The maximum absolute atomic E-state index is 12.9. The lowest BCUT2D eigenvalue weighted by molar-refractivity contribution is -0.360. The van der Waals surface area contributed by atoms with Crippen LogP contribution < -0.4 is 0 Å². The molecule has 0 aliphatic carbocycles. The van der Waals surface area contributed by atoms with Crippen LogP contribution >= 0.6 is 0 Å². The molecule has 2 saturated heterocycles. The normalized spacial score (nSPS) is 33.4. The van der Waals surface area contributed by atoms with Crippen molar-refractivity contribution in [3.8, 4) is 0 Å². The summed E-state index contributed by atoms with van der Waals surface area (Å²) in [5, 5.41) is 0. The van der Waals surface area contributed by atoms with Gasteiger partial charge in [-0.2, -0.15) is 8.42 Å². The van der Waals surface area contributed by atoms with Crippen molar-refractivity contribution in [3.05, 3.63) is 29.8 Å². The first-order valence-corrected chi connectivity index (χ1v) is 15.5. The van der Waals surface area contributed by atoms with Crippen LogP contribution in [0.15, 0.2) is 29.2 Å². The van der Waals surface area contributed by atoms with Gasteiger partial charge in [-0.3, -0.25) is 18.6 Å². The molecule has 0 spiro atoms. The first kappa shape index (κ1) is 33.9. The van der Waals surface area contributed by atoms with Crippen molar-refractivity contribution in [1.29, 1.82) is 0 Å². The number of carbonyl (C=O) groups excluding carboxylic acids is 3. The number of benzene rings is 1. The molecular weight excluding hydrogens is 572 g/mol. The number of carbonyl (C=O) groups is 3. The fraction of sp³-hybridized carbons (Fsp3) is 0.690. The molecule has 0 N–H and O–H groups in total. The molecule has 2 aliphatic heterocycles. The molecule has 0 unspecified atom stereocenters. The summed E-state index contributed by atoms with van der Waals surface area (Å²) in [6, 6.07) is 6.18. The van der Waals surface area contributed by atoms with Gasteiger partial charge in [0.1, 0.15) is 18.3 Å². The summed E-state index contributed by atoms with van der Waals surface area (Å²) in [5.74, 6) is -2.82. The molecule has 2 aliphatic rings. The molecule has 13 heteroatoms. The van der Waals surface area contributed by atoms with Crippen LogP contribution in [0.5, 0.6) is 0 Å². The summed E-state index contributed by atoms with van der Waals surface area (Å²) in [6.45, 7) is 12.5. The van der Waals surface area contributed by atoms with Crippen LogP contribution in [-0.2, 0) is 57.1 Å². The number of ether oxygens (including phenoxy) is 6. The van der Waals surface area contributed by atoms with Gasteiger partial charge in [-0.25, -0.2) is 0 Å². The Balaban J connectivity index is 1.87. The van der Waals surface area contributed by atoms with E-state index in [1.807, 2.05) is 34.6 Å². The quantitative estimate of drug-likeness (QED) is 0.216. The van der Waals surface area contributed by atoms with Crippen LogP contribution in [0.25, 0.3) is 0 Å². The minimum absolute atomic E-state index is 0.0294. The van der Waals surface area contributed by atoms with Crippen molar-refractivity contribution in [2.45, 2.75) is 110 Å². The zero-order valence-corrected chi connectivity index (χ0v) is 26.1. The van der Waals surface area contributed by atoms with Crippen molar-refractivity contribution < 1.29 is 55.4 Å². The molecule has 0 amide bonds. The van der Waals surface area contributed by atoms with Crippen LogP contribution in [0.4, 0.5) is 0 Å². The fourth-order valence-electron chi connectivity index (χ4n) is 5.28. The Bertz CT molecular complexity index is 1200. The van der Waals surface area contributed by atoms with Crippen molar-refractivity contribution in [1.82, 2.24) is 0 Å². The lowest BCUT2D eigenvalue weighted by atomic mass is 9.84. The third kappa shape index (κ3) is 8.28. The Morgan fingerprint density at radius 3 is 1.81 bits per heavy atom. The van der Waals surface area contributed by atoms with Crippen LogP contribution in [-0.4, -0.2) is 76.0 Å². The number of hydrogen-bond acceptors (Lipinski definition) is 12. The van der Waals surface area contributed by atoms with Crippen molar-refractivity contribution in [3.63, 3.8) is 0 Å². The second kappa shape index (κ2) is 14.3. The molecule has 1 aromatic carbocycles. The van der Waals surface area contributed by atoms with Crippen molar-refractivity contribution in [2.75, 3.05) is 6.61 Å². The summed E-state index contributed by atoms with van der Waals surface area (Å²) >= 11 is 0. The van der Waals surface area contributed by atoms with Crippen molar-refractivity contribution >= 4 is 28.0 Å². The first-order valence-electron chi connectivity index (χ1n) is 14.1. The van der Waals surface area contributed by atoms with Gasteiger partial charge in [0.05, 0.1) is 17.6 Å². The average Bonchev–Trinajstić information content (AvgIpc) is 2.90. The molecule has 1 aromatic rings.